The summed E-state index contributed by atoms with van der Waals surface area (Å²) in [6.07, 6.45) is 3.05. The lowest BCUT2D eigenvalue weighted by Gasteiger charge is -2.11. The lowest BCUT2D eigenvalue weighted by molar-refractivity contribution is 0.262. The molecule has 2 aromatic heterocycles. The van der Waals surface area contributed by atoms with Gasteiger partial charge in [0.2, 0.25) is 0 Å². The number of rotatable bonds is 5. The van der Waals surface area contributed by atoms with Crippen molar-refractivity contribution in [3.63, 3.8) is 0 Å². The zero-order chi connectivity index (χ0) is 13.1. The van der Waals surface area contributed by atoms with Gasteiger partial charge in [0.15, 0.2) is 11.5 Å². The lowest BCUT2D eigenvalue weighted by atomic mass is 10.2. The number of fused-ring (bicyclic) bond motifs is 1. The van der Waals surface area contributed by atoms with Gasteiger partial charge in [-0.05, 0) is 17.2 Å². The van der Waals surface area contributed by atoms with Crippen molar-refractivity contribution in [1.29, 1.82) is 0 Å². The maximum Gasteiger partial charge on any atom is 0.278 e. The Morgan fingerprint density at radius 1 is 1.56 bits per heavy atom. The number of nitrogens with two attached hydrogens (primary N) is 1. The standard InChI is InChI=1S/C9H13ClN5O2P/c1-6(3-17-18(10)16)2-15-5-14-7-8(11)12-4-13-9(7)15/h4-6,18H,2-3H2,1H3,(H2,11,12,13)/t6-/m1/s1. The summed E-state index contributed by atoms with van der Waals surface area (Å²) in [6.45, 7) is 2.90. The van der Waals surface area contributed by atoms with E-state index in [-0.39, 0.29) is 5.92 Å². The molecule has 7 nitrogen and oxygen atoms in total. The van der Waals surface area contributed by atoms with Crippen LogP contribution < -0.4 is 5.73 Å². The molecule has 2 rings (SSSR count). The molecular formula is C9H13ClN5O2P. The van der Waals surface area contributed by atoms with Crippen LogP contribution in [0.5, 0.6) is 0 Å². The van der Waals surface area contributed by atoms with Crippen LogP contribution in [-0.2, 0) is 15.6 Å². The summed E-state index contributed by atoms with van der Waals surface area (Å²) in [4.78, 5) is 12.2. The number of imidazole rings is 1. The minimum absolute atomic E-state index is 0.131. The first-order valence-electron chi connectivity index (χ1n) is 5.31. The number of hydrogen-bond donors (Lipinski definition) is 1. The van der Waals surface area contributed by atoms with E-state index in [0.29, 0.717) is 30.1 Å². The molecule has 2 aromatic rings. The van der Waals surface area contributed by atoms with Crippen molar-refractivity contribution in [2.45, 2.75) is 13.5 Å². The average Bonchev–Trinajstić information content (AvgIpc) is 2.72. The summed E-state index contributed by atoms with van der Waals surface area (Å²) in [6, 6.07) is 0. The van der Waals surface area contributed by atoms with Crippen LogP contribution in [-0.4, -0.2) is 26.1 Å². The van der Waals surface area contributed by atoms with Crippen LogP contribution in [0.2, 0.25) is 0 Å². The van der Waals surface area contributed by atoms with Crippen LogP contribution in [0.1, 0.15) is 6.92 Å². The molecule has 1 unspecified atom stereocenters. The van der Waals surface area contributed by atoms with Crippen LogP contribution in [0.4, 0.5) is 5.82 Å². The zero-order valence-corrected chi connectivity index (χ0v) is 11.5. The van der Waals surface area contributed by atoms with Crippen molar-refractivity contribution >= 4 is 35.6 Å². The number of nitrogens with zero attached hydrogens (tertiary/aromatic N) is 4. The second kappa shape index (κ2) is 5.65. The van der Waals surface area contributed by atoms with Crippen molar-refractivity contribution in [2.24, 2.45) is 5.92 Å². The Balaban J connectivity index is 2.12. The Morgan fingerprint density at radius 2 is 2.33 bits per heavy atom. The van der Waals surface area contributed by atoms with Crippen molar-refractivity contribution < 1.29 is 9.09 Å². The van der Waals surface area contributed by atoms with E-state index in [2.05, 4.69) is 15.0 Å². The number of nitrogen functional groups attached to an aromatic ring is 1. The minimum atomic E-state index is -2.40. The van der Waals surface area contributed by atoms with Crippen LogP contribution in [0.15, 0.2) is 12.7 Å². The zero-order valence-electron chi connectivity index (χ0n) is 9.71. The number of hydrogen-bond acceptors (Lipinski definition) is 6. The fourth-order valence-corrected chi connectivity index (χ4v) is 2.23. The number of anilines is 1. The van der Waals surface area contributed by atoms with Crippen molar-refractivity contribution in [2.75, 3.05) is 12.3 Å². The Morgan fingerprint density at radius 3 is 3.06 bits per heavy atom. The molecule has 0 amide bonds. The molecule has 2 atom stereocenters. The van der Waals surface area contributed by atoms with E-state index in [4.69, 9.17) is 21.5 Å². The summed E-state index contributed by atoms with van der Waals surface area (Å²) in [5, 5.41) is 0. The van der Waals surface area contributed by atoms with E-state index >= 15 is 0 Å². The van der Waals surface area contributed by atoms with Gasteiger partial charge in [-0.2, -0.15) is 0 Å². The average molecular weight is 290 g/mol. The van der Waals surface area contributed by atoms with Gasteiger partial charge in [0.05, 0.1) is 12.9 Å². The Bertz CT molecular complexity index is 575. The first-order chi connectivity index (χ1) is 8.58. The fourth-order valence-electron chi connectivity index (χ4n) is 1.63. The second-order valence-electron chi connectivity index (χ2n) is 3.98. The maximum absolute atomic E-state index is 10.7. The van der Waals surface area contributed by atoms with Crippen LogP contribution in [0, 0.1) is 5.92 Å². The van der Waals surface area contributed by atoms with Gasteiger partial charge in [-0.3, -0.25) is 4.57 Å². The predicted molar refractivity (Wildman–Crippen MR) is 69.7 cm³/mol. The van der Waals surface area contributed by atoms with Gasteiger partial charge in [0.25, 0.3) is 7.38 Å². The molecule has 0 saturated carbocycles. The molecule has 0 bridgehead atoms. The highest BCUT2D eigenvalue weighted by molar-refractivity contribution is 7.69. The molecule has 0 aromatic carbocycles. The van der Waals surface area contributed by atoms with Crippen LogP contribution in [0.3, 0.4) is 0 Å². The first kappa shape index (κ1) is 13.3. The molecule has 0 aliphatic carbocycles. The molecule has 0 aliphatic rings. The van der Waals surface area contributed by atoms with E-state index in [0.717, 1.165) is 0 Å². The monoisotopic (exact) mass is 289 g/mol. The smallest absolute Gasteiger partial charge is 0.278 e. The Labute approximate surface area is 109 Å². The lowest BCUT2D eigenvalue weighted by Crippen LogP contribution is -2.11. The van der Waals surface area contributed by atoms with Gasteiger partial charge in [0, 0.05) is 6.54 Å². The molecule has 9 heteroatoms. The van der Waals surface area contributed by atoms with Crippen LogP contribution in [0.25, 0.3) is 11.2 Å². The van der Waals surface area contributed by atoms with Crippen molar-refractivity contribution in [3.05, 3.63) is 12.7 Å². The largest absolute Gasteiger partial charge is 0.382 e. The highest BCUT2D eigenvalue weighted by Gasteiger charge is 2.11. The molecule has 0 spiro atoms. The first-order valence-corrected chi connectivity index (χ1v) is 7.64. The molecule has 0 radical (unpaired) electrons. The second-order valence-corrected chi connectivity index (χ2v) is 5.67. The van der Waals surface area contributed by atoms with Gasteiger partial charge < -0.3 is 14.8 Å². The maximum atomic E-state index is 10.7. The van der Waals surface area contributed by atoms with Gasteiger partial charge in [0.1, 0.15) is 11.8 Å². The third kappa shape index (κ3) is 2.98. The van der Waals surface area contributed by atoms with E-state index < -0.39 is 7.38 Å². The topological polar surface area (TPSA) is 95.9 Å². The molecule has 2 N–H and O–H groups in total. The number of halogens is 1. The normalized spacial score (nSPS) is 14.8. The van der Waals surface area contributed by atoms with Gasteiger partial charge in [-0.15, -0.1) is 0 Å². The minimum Gasteiger partial charge on any atom is -0.382 e. The third-order valence-corrected chi connectivity index (χ3v) is 3.14. The van der Waals surface area contributed by atoms with Gasteiger partial charge in [-0.1, -0.05) is 6.92 Å². The van der Waals surface area contributed by atoms with Crippen molar-refractivity contribution in [3.8, 4) is 0 Å². The molecule has 0 saturated heterocycles. The SMILES string of the molecule is C[C@@H](CO[PH](=O)Cl)Cn1cnc2c(N)ncnc21. The quantitative estimate of drug-likeness (QED) is 0.841. The Kier molecular flexibility index (Phi) is 4.16. The highest BCUT2D eigenvalue weighted by Crippen LogP contribution is 2.28. The number of aromatic nitrogens is 4. The van der Waals surface area contributed by atoms with E-state index in [1.54, 1.807) is 6.33 Å². The highest BCUT2D eigenvalue weighted by atomic mass is 35.7. The molecule has 0 fully saturated rings. The summed E-state index contributed by atoms with van der Waals surface area (Å²) in [7, 11) is -2.40. The summed E-state index contributed by atoms with van der Waals surface area (Å²) in [5.41, 5.74) is 6.95. The molecule has 98 valence electrons. The summed E-state index contributed by atoms with van der Waals surface area (Å²) >= 11 is 5.29. The van der Waals surface area contributed by atoms with Crippen molar-refractivity contribution in [1.82, 2.24) is 19.5 Å². The summed E-state index contributed by atoms with van der Waals surface area (Å²) < 4.78 is 17.4. The van der Waals surface area contributed by atoms with Gasteiger partial charge >= 0.3 is 0 Å². The molecular weight excluding hydrogens is 277 g/mol. The van der Waals surface area contributed by atoms with E-state index in [1.807, 2.05) is 11.5 Å². The van der Waals surface area contributed by atoms with E-state index in [1.165, 1.54) is 6.33 Å². The molecule has 2 heterocycles. The predicted octanol–water partition coefficient (Wildman–Crippen LogP) is 1.69. The van der Waals surface area contributed by atoms with Crippen LogP contribution >= 0.6 is 18.6 Å². The molecule has 18 heavy (non-hydrogen) atoms. The third-order valence-electron chi connectivity index (χ3n) is 2.42. The van der Waals surface area contributed by atoms with E-state index in [9.17, 15) is 4.57 Å². The molecule has 0 aliphatic heterocycles. The Hall–Kier alpha value is -1.17. The summed E-state index contributed by atoms with van der Waals surface area (Å²) in [5.74, 6) is 0.486. The fraction of sp³-hybridized carbons (Fsp3) is 0.444. The van der Waals surface area contributed by atoms with Gasteiger partial charge in [-0.25, -0.2) is 15.0 Å².